The van der Waals surface area contributed by atoms with Gasteiger partial charge in [0.05, 0.1) is 18.7 Å². The third-order valence-electron chi connectivity index (χ3n) is 4.86. The standard InChI is InChI=1S/C20H21N3O3S.ClH/c1-26-20-9-5-3-7-17(20)19-14-21-10-11-23(19)27(24,25)16-12-15-6-2-4-8-18(15)22-13-16;/h2-9,12-13,19,21H,10-11,14H2,1H3;1H. The van der Waals surface area contributed by atoms with Crippen LogP contribution in [-0.2, 0) is 10.0 Å². The van der Waals surface area contributed by atoms with Gasteiger partial charge in [-0.1, -0.05) is 36.4 Å². The summed E-state index contributed by atoms with van der Waals surface area (Å²) in [4.78, 5) is 4.54. The normalized spacial score (nSPS) is 17.8. The number of piperazine rings is 1. The highest BCUT2D eigenvalue weighted by atomic mass is 35.5. The van der Waals surface area contributed by atoms with Gasteiger partial charge in [0, 0.05) is 36.8 Å². The Morgan fingerprint density at radius 2 is 1.89 bits per heavy atom. The average Bonchev–Trinajstić information content (AvgIpc) is 2.73. The van der Waals surface area contributed by atoms with Crippen molar-refractivity contribution >= 4 is 33.3 Å². The lowest BCUT2D eigenvalue weighted by Crippen LogP contribution is -2.48. The number of para-hydroxylation sites is 2. The van der Waals surface area contributed by atoms with Crippen LogP contribution in [0.4, 0.5) is 0 Å². The molecule has 1 aliphatic heterocycles. The monoisotopic (exact) mass is 419 g/mol. The number of hydrogen-bond donors (Lipinski definition) is 1. The molecule has 0 bridgehead atoms. The Morgan fingerprint density at radius 1 is 1.14 bits per heavy atom. The second-order valence-electron chi connectivity index (χ2n) is 6.44. The highest BCUT2D eigenvalue weighted by Gasteiger charge is 2.36. The van der Waals surface area contributed by atoms with E-state index in [0.29, 0.717) is 25.4 Å². The SMILES string of the molecule is COc1ccccc1C1CNCCN1S(=O)(=O)c1cnc2ccccc2c1.Cl. The van der Waals surface area contributed by atoms with Crippen LogP contribution in [0.3, 0.4) is 0 Å². The summed E-state index contributed by atoms with van der Waals surface area (Å²) in [5.41, 5.74) is 1.63. The molecule has 6 nitrogen and oxygen atoms in total. The first-order chi connectivity index (χ1) is 13.1. The maximum Gasteiger partial charge on any atom is 0.245 e. The fourth-order valence-corrected chi connectivity index (χ4v) is 5.09. The summed E-state index contributed by atoms with van der Waals surface area (Å²) in [6.45, 7) is 1.52. The lowest BCUT2D eigenvalue weighted by atomic mass is 10.0. The molecule has 1 saturated heterocycles. The van der Waals surface area contributed by atoms with Crippen molar-refractivity contribution in [3.63, 3.8) is 0 Å². The Balaban J connectivity index is 0.00000225. The van der Waals surface area contributed by atoms with Crippen molar-refractivity contribution in [3.05, 3.63) is 66.4 Å². The van der Waals surface area contributed by atoms with E-state index in [2.05, 4.69) is 10.3 Å². The predicted molar refractivity (Wildman–Crippen MR) is 111 cm³/mol. The molecule has 28 heavy (non-hydrogen) atoms. The molecule has 0 aliphatic carbocycles. The molecule has 0 radical (unpaired) electrons. The summed E-state index contributed by atoms with van der Waals surface area (Å²) in [7, 11) is -2.10. The first kappa shape index (κ1) is 20.5. The predicted octanol–water partition coefficient (Wildman–Crippen LogP) is 3.00. The van der Waals surface area contributed by atoms with Crippen LogP contribution in [0.15, 0.2) is 65.7 Å². The van der Waals surface area contributed by atoms with E-state index in [9.17, 15) is 8.42 Å². The van der Waals surface area contributed by atoms with Gasteiger partial charge in [-0.05, 0) is 18.2 Å². The number of nitrogens with zero attached hydrogens (tertiary/aromatic N) is 2. The van der Waals surface area contributed by atoms with Crippen molar-refractivity contribution in [3.8, 4) is 5.75 Å². The zero-order valence-corrected chi connectivity index (χ0v) is 17.0. The van der Waals surface area contributed by atoms with Crippen LogP contribution < -0.4 is 10.1 Å². The van der Waals surface area contributed by atoms with Crippen LogP contribution in [-0.4, -0.2) is 44.5 Å². The number of methoxy groups -OCH3 is 1. The highest BCUT2D eigenvalue weighted by molar-refractivity contribution is 7.89. The lowest BCUT2D eigenvalue weighted by molar-refractivity contribution is 0.264. The maximum absolute atomic E-state index is 13.4. The van der Waals surface area contributed by atoms with Gasteiger partial charge >= 0.3 is 0 Å². The van der Waals surface area contributed by atoms with Gasteiger partial charge in [-0.25, -0.2) is 8.42 Å². The zero-order chi connectivity index (χ0) is 18.9. The number of rotatable bonds is 4. The van der Waals surface area contributed by atoms with Crippen LogP contribution in [0, 0.1) is 0 Å². The van der Waals surface area contributed by atoms with Gasteiger partial charge in [0.15, 0.2) is 0 Å². The fraction of sp³-hybridized carbons (Fsp3) is 0.250. The van der Waals surface area contributed by atoms with E-state index in [1.165, 1.54) is 6.20 Å². The molecule has 4 rings (SSSR count). The molecule has 1 N–H and O–H groups in total. The molecule has 2 heterocycles. The number of sulfonamides is 1. The summed E-state index contributed by atoms with van der Waals surface area (Å²) in [6.07, 6.45) is 1.44. The molecular weight excluding hydrogens is 398 g/mol. The summed E-state index contributed by atoms with van der Waals surface area (Å²) < 4.78 is 33.9. The second kappa shape index (κ2) is 8.45. The molecule has 0 amide bonds. The molecule has 1 fully saturated rings. The Bertz CT molecular complexity index is 1070. The van der Waals surface area contributed by atoms with Gasteiger partial charge in [-0.3, -0.25) is 4.98 Å². The van der Waals surface area contributed by atoms with E-state index >= 15 is 0 Å². The molecule has 0 saturated carbocycles. The van der Waals surface area contributed by atoms with Gasteiger partial charge in [0.25, 0.3) is 0 Å². The summed E-state index contributed by atoms with van der Waals surface area (Å²) >= 11 is 0. The molecule has 1 unspecified atom stereocenters. The number of aromatic nitrogens is 1. The van der Waals surface area contributed by atoms with E-state index < -0.39 is 10.0 Å². The molecule has 2 aromatic carbocycles. The molecule has 3 aromatic rings. The Kier molecular flexibility index (Phi) is 6.20. The summed E-state index contributed by atoms with van der Waals surface area (Å²) in [5, 5.41) is 4.10. The summed E-state index contributed by atoms with van der Waals surface area (Å²) in [5.74, 6) is 0.683. The first-order valence-corrected chi connectivity index (χ1v) is 10.3. The van der Waals surface area contributed by atoms with Gasteiger partial charge in [-0.2, -0.15) is 4.31 Å². The van der Waals surface area contributed by atoms with Crippen molar-refractivity contribution in [1.29, 1.82) is 0 Å². The number of pyridine rings is 1. The smallest absolute Gasteiger partial charge is 0.245 e. The molecule has 0 spiro atoms. The Hall–Kier alpha value is -2.19. The molecular formula is C20H22ClN3O3S. The molecule has 1 aromatic heterocycles. The lowest BCUT2D eigenvalue weighted by Gasteiger charge is -2.36. The van der Waals surface area contributed by atoms with Crippen LogP contribution in [0.1, 0.15) is 11.6 Å². The second-order valence-corrected chi connectivity index (χ2v) is 8.33. The average molecular weight is 420 g/mol. The highest BCUT2D eigenvalue weighted by Crippen LogP contribution is 2.34. The van der Waals surface area contributed by atoms with E-state index in [4.69, 9.17) is 4.74 Å². The third kappa shape index (κ3) is 3.71. The van der Waals surface area contributed by atoms with E-state index in [1.54, 1.807) is 17.5 Å². The Labute approximate surface area is 171 Å². The fourth-order valence-electron chi connectivity index (χ4n) is 3.51. The van der Waals surface area contributed by atoms with Crippen molar-refractivity contribution in [2.45, 2.75) is 10.9 Å². The van der Waals surface area contributed by atoms with Crippen molar-refractivity contribution < 1.29 is 13.2 Å². The number of nitrogens with one attached hydrogen (secondary N) is 1. The van der Waals surface area contributed by atoms with Crippen LogP contribution >= 0.6 is 12.4 Å². The molecule has 8 heteroatoms. The molecule has 1 aliphatic rings. The number of halogens is 1. The van der Waals surface area contributed by atoms with E-state index in [-0.39, 0.29) is 23.3 Å². The largest absolute Gasteiger partial charge is 0.496 e. The zero-order valence-electron chi connectivity index (χ0n) is 15.4. The van der Waals surface area contributed by atoms with Gasteiger partial charge < -0.3 is 10.1 Å². The summed E-state index contributed by atoms with van der Waals surface area (Å²) in [6, 6.07) is 16.4. The van der Waals surface area contributed by atoms with E-state index in [1.807, 2.05) is 48.5 Å². The van der Waals surface area contributed by atoms with Gasteiger partial charge in [0.2, 0.25) is 10.0 Å². The van der Waals surface area contributed by atoms with Crippen molar-refractivity contribution in [1.82, 2.24) is 14.6 Å². The van der Waals surface area contributed by atoms with Crippen molar-refractivity contribution in [2.75, 3.05) is 26.7 Å². The minimum absolute atomic E-state index is 0. The topological polar surface area (TPSA) is 71.5 Å². The number of hydrogen-bond acceptors (Lipinski definition) is 5. The minimum Gasteiger partial charge on any atom is -0.496 e. The third-order valence-corrected chi connectivity index (χ3v) is 6.74. The van der Waals surface area contributed by atoms with Gasteiger partial charge in [0.1, 0.15) is 10.6 Å². The molecule has 1 atom stereocenters. The van der Waals surface area contributed by atoms with Crippen LogP contribution in [0.5, 0.6) is 5.75 Å². The Morgan fingerprint density at radius 3 is 2.71 bits per heavy atom. The van der Waals surface area contributed by atoms with Crippen molar-refractivity contribution in [2.24, 2.45) is 0 Å². The first-order valence-electron chi connectivity index (χ1n) is 8.81. The van der Waals surface area contributed by atoms with E-state index in [0.717, 1.165) is 16.5 Å². The number of ether oxygens (including phenoxy) is 1. The quantitative estimate of drug-likeness (QED) is 0.703. The molecule has 148 valence electrons. The number of fused-ring (bicyclic) bond motifs is 1. The van der Waals surface area contributed by atoms with Crippen LogP contribution in [0.2, 0.25) is 0 Å². The maximum atomic E-state index is 13.4. The van der Waals surface area contributed by atoms with Crippen LogP contribution in [0.25, 0.3) is 10.9 Å². The minimum atomic E-state index is -3.70. The number of benzene rings is 2. The van der Waals surface area contributed by atoms with Gasteiger partial charge in [-0.15, -0.1) is 12.4 Å².